The number of hydrogen-bond donors (Lipinski definition) is 1. The maximum Gasteiger partial charge on any atom is 0.311 e. The summed E-state index contributed by atoms with van der Waals surface area (Å²) < 4.78 is 6.73. The second-order valence-corrected chi connectivity index (χ2v) is 8.15. The fourth-order valence-corrected chi connectivity index (χ4v) is 3.71. The van der Waals surface area contributed by atoms with E-state index in [9.17, 15) is 14.7 Å². The Balaban J connectivity index is 2.16. The number of rotatable bonds is 9. The zero-order valence-corrected chi connectivity index (χ0v) is 18.9. The lowest BCUT2D eigenvalue weighted by atomic mass is 10.0. The van der Waals surface area contributed by atoms with Crippen LogP contribution in [0.1, 0.15) is 37.6 Å². The number of hydrogen-bond acceptors (Lipinski definition) is 5. The quantitative estimate of drug-likeness (QED) is 0.512. The topological polar surface area (TPSA) is 81.4 Å². The van der Waals surface area contributed by atoms with Crippen LogP contribution in [-0.4, -0.2) is 27.2 Å². The number of carbonyl (C=O) groups is 1. The van der Waals surface area contributed by atoms with Crippen LogP contribution < -0.4 is 5.56 Å². The molecule has 0 bridgehead atoms. The van der Waals surface area contributed by atoms with E-state index < -0.39 is 5.97 Å². The van der Waals surface area contributed by atoms with Crippen LogP contribution in [0, 0.1) is 5.92 Å². The number of nitrogens with zero attached hydrogens (tertiary/aromatic N) is 2. The highest BCUT2D eigenvalue weighted by Crippen LogP contribution is 2.28. The first kappa shape index (κ1) is 23.3. The average molecular weight is 435 g/mol. The third-order valence-electron chi connectivity index (χ3n) is 5.19. The zero-order chi connectivity index (χ0) is 23.1. The molecule has 1 heterocycles. The molecule has 0 fully saturated rings. The highest BCUT2D eigenvalue weighted by Gasteiger charge is 2.22. The van der Waals surface area contributed by atoms with E-state index in [1.807, 2.05) is 44.2 Å². The van der Waals surface area contributed by atoms with Crippen LogP contribution in [0.3, 0.4) is 0 Å². The molecular formula is C26H30N2O4. The summed E-state index contributed by atoms with van der Waals surface area (Å²) in [5, 5.41) is 10.5. The van der Waals surface area contributed by atoms with Crippen LogP contribution in [0.5, 0.6) is 5.75 Å². The standard InChI is InChI=1S/C26H30N2O4/c1-4-32-24(30)17-22-21(16-18(2)3)26(31)28(15-14-19-10-6-5-7-11-19)25(27-22)20-12-8-9-13-23(20)29/h5-13,18,29H,4,14-17H2,1-3H3. The van der Waals surface area contributed by atoms with Crippen molar-refractivity contribution in [3.8, 4) is 17.1 Å². The molecule has 0 aliphatic rings. The van der Waals surface area contributed by atoms with E-state index in [0.29, 0.717) is 42.0 Å². The van der Waals surface area contributed by atoms with Crippen molar-refractivity contribution in [3.63, 3.8) is 0 Å². The van der Waals surface area contributed by atoms with Crippen LogP contribution in [0.15, 0.2) is 59.4 Å². The van der Waals surface area contributed by atoms with Crippen molar-refractivity contribution >= 4 is 5.97 Å². The van der Waals surface area contributed by atoms with Gasteiger partial charge in [-0.05, 0) is 43.4 Å². The molecule has 0 saturated carbocycles. The molecule has 0 unspecified atom stereocenters. The molecule has 168 valence electrons. The second-order valence-electron chi connectivity index (χ2n) is 8.15. The van der Waals surface area contributed by atoms with Gasteiger partial charge in [0.25, 0.3) is 5.56 Å². The number of para-hydroxylation sites is 1. The Morgan fingerprint density at radius 3 is 2.44 bits per heavy atom. The monoisotopic (exact) mass is 434 g/mol. The first-order chi connectivity index (χ1) is 15.4. The lowest BCUT2D eigenvalue weighted by Gasteiger charge is -2.19. The van der Waals surface area contributed by atoms with Gasteiger partial charge >= 0.3 is 5.97 Å². The van der Waals surface area contributed by atoms with E-state index >= 15 is 0 Å². The van der Waals surface area contributed by atoms with Crippen molar-refractivity contribution in [2.24, 2.45) is 5.92 Å². The molecule has 1 N–H and O–H groups in total. The number of ether oxygens (including phenoxy) is 1. The summed E-state index contributed by atoms with van der Waals surface area (Å²) >= 11 is 0. The summed E-state index contributed by atoms with van der Waals surface area (Å²) in [6, 6.07) is 16.7. The molecule has 0 saturated heterocycles. The van der Waals surface area contributed by atoms with Gasteiger partial charge in [0.05, 0.1) is 24.3 Å². The van der Waals surface area contributed by atoms with Gasteiger partial charge in [0, 0.05) is 12.1 Å². The van der Waals surface area contributed by atoms with Gasteiger partial charge in [0.1, 0.15) is 11.6 Å². The molecule has 0 aliphatic heterocycles. The Kier molecular flexibility index (Phi) is 7.82. The van der Waals surface area contributed by atoms with Gasteiger partial charge in [0.2, 0.25) is 0 Å². The molecule has 3 aromatic rings. The predicted octanol–water partition coefficient (Wildman–Crippen LogP) is 4.16. The Hall–Kier alpha value is -3.41. The van der Waals surface area contributed by atoms with Crippen LogP contribution in [0.4, 0.5) is 0 Å². The highest BCUT2D eigenvalue weighted by atomic mass is 16.5. The van der Waals surface area contributed by atoms with Gasteiger partial charge in [-0.25, -0.2) is 4.98 Å². The van der Waals surface area contributed by atoms with Crippen molar-refractivity contribution in [2.75, 3.05) is 6.61 Å². The Bertz CT molecular complexity index is 1120. The van der Waals surface area contributed by atoms with Gasteiger partial charge < -0.3 is 9.84 Å². The number of phenolic OH excluding ortho intramolecular Hbond substituents is 1. The molecule has 3 rings (SSSR count). The maximum absolute atomic E-state index is 13.7. The predicted molar refractivity (Wildman–Crippen MR) is 125 cm³/mol. The van der Waals surface area contributed by atoms with Crippen molar-refractivity contribution in [2.45, 2.75) is 46.6 Å². The smallest absolute Gasteiger partial charge is 0.311 e. The van der Waals surface area contributed by atoms with E-state index in [1.54, 1.807) is 35.8 Å². The van der Waals surface area contributed by atoms with Crippen LogP contribution in [0.2, 0.25) is 0 Å². The fourth-order valence-electron chi connectivity index (χ4n) is 3.71. The van der Waals surface area contributed by atoms with Gasteiger partial charge in [0.15, 0.2) is 0 Å². The molecule has 1 aromatic heterocycles. The summed E-state index contributed by atoms with van der Waals surface area (Å²) in [6.07, 6.45) is 1.07. The van der Waals surface area contributed by atoms with Crippen molar-refractivity contribution in [1.82, 2.24) is 9.55 Å². The van der Waals surface area contributed by atoms with Crippen LogP contribution in [-0.2, 0) is 35.3 Å². The normalized spacial score (nSPS) is 11.0. The minimum atomic E-state index is -0.422. The number of aromatic hydroxyl groups is 1. The molecule has 6 nitrogen and oxygen atoms in total. The number of aryl methyl sites for hydroxylation is 1. The van der Waals surface area contributed by atoms with E-state index in [2.05, 4.69) is 0 Å². The van der Waals surface area contributed by atoms with Crippen molar-refractivity contribution < 1.29 is 14.6 Å². The maximum atomic E-state index is 13.7. The third kappa shape index (κ3) is 5.63. The summed E-state index contributed by atoms with van der Waals surface area (Å²) in [4.78, 5) is 30.7. The van der Waals surface area contributed by atoms with Gasteiger partial charge in [-0.3, -0.25) is 14.2 Å². The zero-order valence-electron chi connectivity index (χ0n) is 18.9. The number of carbonyl (C=O) groups excluding carboxylic acids is 1. The Morgan fingerprint density at radius 1 is 1.09 bits per heavy atom. The number of phenols is 1. The van der Waals surface area contributed by atoms with Gasteiger partial charge in [-0.15, -0.1) is 0 Å². The summed E-state index contributed by atoms with van der Waals surface area (Å²) in [7, 11) is 0. The fraction of sp³-hybridized carbons (Fsp3) is 0.346. The SMILES string of the molecule is CCOC(=O)Cc1nc(-c2ccccc2O)n(CCc2ccccc2)c(=O)c1CC(C)C. The molecule has 0 atom stereocenters. The summed E-state index contributed by atoms with van der Waals surface area (Å²) in [5.41, 5.74) is 2.32. The second kappa shape index (κ2) is 10.8. The first-order valence-electron chi connectivity index (χ1n) is 11.0. The summed E-state index contributed by atoms with van der Waals surface area (Å²) in [6.45, 7) is 6.47. The summed E-state index contributed by atoms with van der Waals surface area (Å²) in [5.74, 6) is 0.182. The van der Waals surface area contributed by atoms with Crippen LogP contribution in [0.25, 0.3) is 11.4 Å². The van der Waals surface area contributed by atoms with E-state index in [4.69, 9.17) is 9.72 Å². The molecule has 0 spiro atoms. The third-order valence-corrected chi connectivity index (χ3v) is 5.19. The largest absolute Gasteiger partial charge is 0.507 e. The molecule has 0 aliphatic carbocycles. The Morgan fingerprint density at radius 2 is 1.78 bits per heavy atom. The molecule has 32 heavy (non-hydrogen) atoms. The van der Waals surface area contributed by atoms with Crippen LogP contribution >= 0.6 is 0 Å². The average Bonchev–Trinajstić information content (AvgIpc) is 2.76. The first-order valence-corrected chi connectivity index (χ1v) is 11.0. The number of aromatic nitrogens is 2. The number of benzene rings is 2. The van der Waals surface area contributed by atoms with Gasteiger partial charge in [-0.2, -0.15) is 0 Å². The molecular weight excluding hydrogens is 404 g/mol. The van der Waals surface area contributed by atoms with E-state index in [-0.39, 0.29) is 30.3 Å². The Labute approximate surface area is 188 Å². The van der Waals surface area contributed by atoms with E-state index in [1.165, 1.54) is 0 Å². The minimum Gasteiger partial charge on any atom is -0.507 e. The molecule has 0 radical (unpaired) electrons. The van der Waals surface area contributed by atoms with E-state index in [0.717, 1.165) is 5.56 Å². The van der Waals surface area contributed by atoms with Crippen molar-refractivity contribution in [3.05, 3.63) is 81.8 Å². The lowest BCUT2D eigenvalue weighted by molar-refractivity contribution is -0.142. The van der Waals surface area contributed by atoms with Gasteiger partial charge in [-0.1, -0.05) is 56.3 Å². The molecule has 0 amide bonds. The van der Waals surface area contributed by atoms with Crippen molar-refractivity contribution in [1.29, 1.82) is 0 Å². The lowest BCUT2D eigenvalue weighted by Crippen LogP contribution is -2.31. The molecule has 2 aromatic carbocycles. The number of esters is 1. The highest BCUT2D eigenvalue weighted by molar-refractivity contribution is 5.73. The minimum absolute atomic E-state index is 0.0338. The molecule has 6 heteroatoms.